The van der Waals surface area contributed by atoms with E-state index in [2.05, 4.69) is 90.1 Å². The summed E-state index contributed by atoms with van der Waals surface area (Å²) in [4.78, 5) is 0. The second-order valence-electron chi connectivity index (χ2n) is 11.3. The SMILES string of the molecule is Cc1cc(Cc2ccc(Cc3cc(C)c(O)c(C(C)(C)C)c3)cc2)cc(C(C)(C)C)c1O. The summed E-state index contributed by atoms with van der Waals surface area (Å²) in [6.45, 7) is 16.8. The molecule has 0 aliphatic heterocycles. The Balaban J connectivity index is 1.81. The maximum Gasteiger partial charge on any atom is 0.122 e. The topological polar surface area (TPSA) is 40.5 Å². The Kier molecular flexibility index (Phi) is 6.47. The third-order valence-electron chi connectivity index (χ3n) is 6.18. The van der Waals surface area contributed by atoms with Gasteiger partial charge in [-0.1, -0.05) is 90.1 Å². The van der Waals surface area contributed by atoms with Crippen molar-refractivity contribution in [3.63, 3.8) is 0 Å². The summed E-state index contributed by atoms with van der Waals surface area (Å²) >= 11 is 0. The summed E-state index contributed by atoms with van der Waals surface area (Å²) in [5, 5.41) is 21.0. The molecule has 3 rings (SSSR count). The Morgan fingerprint density at radius 1 is 0.531 bits per heavy atom. The summed E-state index contributed by atoms with van der Waals surface area (Å²) < 4.78 is 0. The molecule has 2 nitrogen and oxygen atoms in total. The first-order chi connectivity index (χ1) is 14.8. The zero-order valence-corrected chi connectivity index (χ0v) is 20.9. The van der Waals surface area contributed by atoms with Crippen molar-refractivity contribution in [1.29, 1.82) is 0 Å². The molecule has 3 aromatic carbocycles. The van der Waals surface area contributed by atoms with E-state index in [1.807, 2.05) is 13.8 Å². The summed E-state index contributed by atoms with van der Waals surface area (Å²) in [6.07, 6.45) is 1.69. The number of benzene rings is 3. The van der Waals surface area contributed by atoms with Gasteiger partial charge in [0.15, 0.2) is 0 Å². The average Bonchev–Trinajstić information content (AvgIpc) is 2.67. The summed E-state index contributed by atoms with van der Waals surface area (Å²) in [5.74, 6) is 0.825. The highest BCUT2D eigenvalue weighted by Crippen LogP contribution is 2.36. The Labute approximate surface area is 194 Å². The molecule has 0 saturated heterocycles. The molecule has 0 unspecified atom stereocenters. The molecular weight excluding hydrogens is 392 g/mol. The Morgan fingerprint density at radius 2 is 0.844 bits per heavy atom. The van der Waals surface area contributed by atoms with Gasteiger partial charge in [-0.05, 0) is 82.0 Å². The summed E-state index contributed by atoms with van der Waals surface area (Å²) in [5.41, 5.74) is 8.65. The Bertz CT molecular complexity index is 1020. The number of phenols is 2. The maximum atomic E-state index is 10.5. The summed E-state index contributed by atoms with van der Waals surface area (Å²) in [7, 11) is 0. The first kappa shape index (κ1) is 23.9. The van der Waals surface area contributed by atoms with Gasteiger partial charge < -0.3 is 10.2 Å². The van der Waals surface area contributed by atoms with Gasteiger partial charge in [0.25, 0.3) is 0 Å². The second kappa shape index (κ2) is 8.65. The lowest BCUT2D eigenvalue weighted by molar-refractivity contribution is 0.442. The van der Waals surface area contributed by atoms with Gasteiger partial charge in [0.1, 0.15) is 11.5 Å². The van der Waals surface area contributed by atoms with E-state index in [4.69, 9.17) is 0 Å². The number of hydrogen-bond acceptors (Lipinski definition) is 2. The minimum Gasteiger partial charge on any atom is -0.507 e. The molecule has 0 atom stereocenters. The van der Waals surface area contributed by atoms with Gasteiger partial charge in [-0.25, -0.2) is 0 Å². The van der Waals surface area contributed by atoms with Crippen LogP contribution in [0.25, 0.3) is 0 Å². The zero-order chi connectivity index (χ0) is 23.8. The van der Waals surface area contributed by atoms with E-state index in [0.29, 0.717) is 11.5 Å². The molecule has 0 heterocycles. The van der Waals surface area contributed by atoms with Crippen LogP contribution in [-0.4, -0.2) is 10.2 Å². The third kappa shape index (κ3) is 5.35. The van der Waals surface area contributed by atoms with Crippen LogP contribution in [0.5, 0.6) is 11.5 Å². The van der Waals surface area contributed by atoms with Gasteiger partial charge in [0, 0.05) is 0 Å². The van der Waals surface area contributed by atoms with E-state index in [9.17, 15) is 10.2 Å². The Hall–Kier alpha value is -2.74. The number of phenolic OH excluding ortho intramolecular Hbond substituents is 2. The number of aromatic hydroxyl groups is 2. The normalized spacial score (nSPS) is 12.2. The van der Waals surface area contributed by atoms with Crippen molar-refractivity contribution >= 4 is 0 Å². The van der Waals surface area contributed by atoms with Gasteiger partial charge in [-0.3, -0.25) is 0 Å². The van der Waals surface area contributed by atoms with Gasteiger partial charge in [-0.2, -0.15) is 0 Å². The molecule has 0 saturated carbocycles. The van der Waals surface area contributed by atoms with E-state index in [0.717, 1.165) is 35.1 Å². The van der Waals surface area contributed by atoms with Crippen LogP contribution in [-0.2, 0) is 23.7 Å². The molecule has 0 aromatic heterocycles. The summed E-state index contributed by atoms with van der Waals surface area (Å²) in [6, 6.07) is 17.3. The van der Waals surface area contributed by atoms with Gasteiger partial charge in [0.2, 0.25) is 0 Å². The van der Waals surface area contributed by atoms with Gasteiger partial charge >= 0.3 is 0 Å². The third-order valence-corrected chi connectivity index (χ3v) is 6.18. The molecule has 0 aliphatic carbocycles. The zero-order valence-electron chi connectivity index (χ0n) is 20.9. The molecule has 0 aliphatic rings. The van der Waals surface area contributed by atoms with E-state index in [1.54, 1.807) is 0 Å². The standard InChI is InChI=1S/C30H38O2/c1-19-13-23(17-25(27(19)31)29(3,4)5)15-21-9-11-22(12-10-21)16-24-14-20(2)28(32)26(18-24)30(6,7)8/h9-14,17-18,31-32H,15-16H2,1-8H3. The molecule has 3 aromatic rings. The Morgan fingerprint density at radius 3 is 1.12 bits per heavy atom. The molecule has 32 heavy (non-hydrogen) atoms. The minimum absolute atomic E-state index is 0.0944. The molecular formula is C30H38O2. The predicted molar refractivity (Wildman–Crippen MR) is 135 cm³/mol. The lowest BCUT2D eigenvalue weighted by Gasteiger charge is -2.23. The van der Waals surface area contributed by atoms with Crippen LogP contribution in [0.2, 0.25) is 0 Å². The highest BCUT2D eigenvalue weighted by molar-refractivity contribution is 5.49. The lowest BCUT2D eigenvalue weighted by Crippen LogP contribution is -2.12. The van der Waals surface area contributed by atoms with Crippen LogP contribution in [0.4, 0.5) is 0 Å². The molecule has 0 bridgehead atoms. The van der Waals surface area contributed by atoms with E-state index < -0.39 is 0 Å². The van der Waals surface area contributed by atoms with Crippen LogP contribution >= 0.6 is 0 Å². The predicted octanol–water partition coefficient (Wildman–Crippen LogP) is 7.49. The van der Waals surface area contributed by atoms with Crippen molar-refractivity contribution in [3.8, 4) is 11.5 Å². The first-order valence-corrected chi connectivity index (χ1v) is 11.5. The molecule has 0 amide bonds. The average molecular weight is 431 g/mol. The molecule has 0 fully saturated rings. The highest BCUT2D eigenvalue weighted by atomic mass is 16.3. The largest absolute Gasteiger partial charge is 0.507 e. The van der Waals surface area contributed by atoms with E-state index in [-0.39, 0.29) is 10.8 Å². The molecule has 0 radical (unpaired) electrons. The van der Waals surface area contributed by atoms with Crippen LogP contribution < -0.4 is 0 Å². The van der Waals surface area contributed by atoms with E-state index in [1.165, 1.54) is 22.3 Å². The lowest BCUT2D eigenvalue weighted by atomic mass is 9.83. The van der Waals surface area contributed by atoms with Crippen molar-refractivity contribution in [3.05, 3.63) is 93.0 Å². The first-order valence-electron chi connectivity index (χ1n) is 11.5. The van der Waals surface area contributed by atoms with Crippen LogP contribution in [0.1, 0.15) is 86.1 Å². The van der Waals surface area contributed by atoms with Crippen molar-refractivity contribution in [2.24, 2.45) is 0 Å². The van der Waals surface area contributed by atoms with Gasteiger partial charge in [0.05, 0.1) is 0 Å². The monoisotopic (exact) mass is 430 g/mol. The van der Waals surface area contributed by atoms with Crippen LogP contribution in [0, 0.1) is 13.8 Å². The van der Waals surface area contributed by atoms with Crippen molar-refractivity contribution in [2.75, 3.05) is 0 Å². The quantitative estimate of drug-likeness (QED) is 0.450. The van der Waals surface area contributed by atoms with Crippen molar-refractivity contribution in [2.45, 2.75) is 79.1 Å². The number of hydrogen-bond donors (Lipinski definition) is 2. The van der Waals surface area contributed by atoms with Gasteiger partial charge in [-0.15, -0.1) is 0 Å². The number of rotatable bonds is 4. The second-order valence-corrected chi connectivity index (χ2v) is 11.3. The fourth-order valence-corrected chi connectivity index (χ4v) is 4.30. The van der Waals surface area contributed by atoms with Crippen molar-refractivity contribution < 1.29 is 10.2 Å². The number of aryl methyl sites for hydroxylation is 2. The molecule has 0 spiro atoms. The van der Waals surface area contributed by atoms with Crippen molar-refractivity contribution in [1.82, 2.24) is 0 Å². The van der Waals surface area contributed by atoms with Crippen LogP contribution in [0.15, 0.2) is 48.5 Å². The molecule has 2 N–H and O–H groups in total. The maximum absolute atomic E-state index is 10.5. The molecule has 170 valence electrons. The van der Waals surface area contributed by atoms with Crippen LogP contribution in [0.3, 0.4) is 0 Å². The fourth-order valence-electron chi connectivity index (χ4n) is 4.30. The minimum atomic E-state index is -0.0944. The smallest absolute Gasteiger partial charge is 0.122 e. The van der Waals surface area contributed by atoms with E-state index >= 15 is 0 Å². The fraction of sp³-hybridized carbons (Fsp3) is 0.400. The highest BCUT2D eigenvalue weighted by Gasteiger charge is 2.21. The molecule has 2 heteroatoms.